The number of rotatable bonds is 2. The van der Waals surface area contributed by atoms with Gasteiger partial charge in [0.1, 0.15) is 18.7 Å². The van der Waals surface area contributed by atoms with Gasteiger partial charge in [-0.25, -0.2) is 0 Å². The summed E-state index contributed by atoms with van der Waals surface area (Å²) in [6, 6.07) is 4.46. The van der Waals surface area contributed by atoms with Gasteiger partial charge >= 0.3 is 11.9 Å². The number of fused-ring (bicyclic) bond motifs is 3. The van der Waals surface area contributed by atoms with E-state index in [1.165, 1.54) is 19.4 Å². The summed E-state index contributed by atoms with van der Waals surface area (Å²) in [6.45, 7) is 5.06. The third-order valence-corrected chi connectivity index (χ3v) is 6.98. The standard InChI is InChI=1S/C21H26NO6/c1-11(23)27-18-6-13-4-5-22(3)9-14-7-16-17(26-10-25-16)8-15(14)19(20(13)22)21(18)28-12(2)24/h7-8,13,18-21H,4-6,9-10H2,1-3H3/q+1/t13-,18-,19-,20+,21+,22+/m0/s1. The molecule has 4 aliphatic rings. The summed E-state index contributed by atoms with van der Waals surface area (Å²) in [5.74, 6) is 1.23. The lowest BCUT2D eigenvalue weighted by atomic mass is 9.67. The van der Waals surface area contributed by atoms with Crippen molar-refractivity contribution in [3.8, 4) is 11.5 Å². The van der Waals surface area contributed by atoms with Crippen LogP contribution in [0, 0.1) is 5.92 Å². The molecule has 6 atom stereocenters. The lowest BCUT2D eigenvalue weighted by Gasteiger charge is -2.52. The average Bonchev–Trinajstić information content (AvgIpc) is 3.19. The molecule has 1 aromatic rings. The van der Waals surface area contributed by atoms with E-state index in [1.807, 2.05) is 6.07 Å². The van der Waals surface area contributed by atoms with E-state index in [0.717, 1.165) is 47.5 Å². The van der Waals surface area contributed by atoms with Crippen molar-refractivity contribution in [2.45, 2.75) is 57.4 Å². The molecule has 0 bridgehead atoms. The second kappa shape index (κ2) is 6.11. The molecular weight excluding hydrogens is 362 g/mol. The number of carbonyl (C=O) groups is 2. The summed E-state index contributed by atoms with van der Waals surface area (Å²) in [6.07, 6.45) is 0.920. The number of hydrogen-bond acceptors (Lipinski definition) is 6. The molecule has 0 amide bonds. The molecule has 3 heterocycles. The quantitative estimate of drug-likeness (QED) is 0.571. The Kier molecular flexibility index (Phi) is 3.88. The summed E-state index contributed by atoms with van der Waals surface area (Å²) < 4.78 is 23.6. The third kappa shape index (κ3) is 2.59. The van der Waals surface area contributed by atoms with Crippen molar-refractivity contribution in [1.82, 2.24) is 0 Å². The Morgan fingerprint density at radius 1 is 1.11 bits per heavy atom. The molecule has 5 rings (SSSR count). The van der Waals surface area contributed by atoms with Crippen molar-refractivity contribution in [2.75, 3.05) is 20.4 Å². The van der Waals surface area contributed by atoms with Gasteiger partial charge in [0.05, 0.1) is 19.5 Å². The van der Waals surface area contributed by atoms with Gasteiger partial charge in [0, 0.05) is 31.7 Å². The molecule has 28 heavy (non-hydrogen) atoms. The fourth-order valence-corrected chi connectivity index (χ4v) is 6.14. The number of carbonyl (C=O) groups excluding carboxylic acids is 2. The molecule has 7 heteroatoms. The lowest BCUT2D eigenvalue weighted by molar-refractivity contribution is -0.940. The monoisotopic (exact) mass is 388 g/mol. The van der Waals surface area contributed by atoms with E-state index < -0.39 is 12.2 Å². The first-order valence-corrected chi connectivity index (χ1v) is 9.97. The van der Waals surface area contributed by atoms with Gasteiger partial charge in [-0.1, -0.05) is 0 Å². The summed E-state index contributed by atoms with van der Waals surface area (Å²) in [5.41, 5.74) is 2.34. The molecule has 1 saturated carbocycles. The Bertz CT molecular complexity index is 854. The zero-order chi connectivity index (χ0) is 19.6. The van der Waals surface area contributed by atoms with Crippen LogP contribution in [0.5, 0.6) is 11.5 Å². The van der Waals surface area contributed by atoms with E-state index >= 15 is 0 Å². The maximum absolute atomic E-state index is 12.0. The van der Waals surface area contributed by atoms with Crippen molar-refractivity contribution in [2.24, 2.45) is 5.92 Å². The van der Waals surface area contributed by atoms with Crippen LogP contribution in [0.4, 0.5) is 0 Å². The Labute approximate surface area is 164 Å². The van der Waals surface area contributed by atoms with Crippen molar-refractivity contribution >= 4 is 11.9 Å². The molecule has 0 radical (unpaired) electrons. The number of nitrogens with zero attached hydrogens (tertiary/aromatic N) is 1. The number of ether oxygens (including phenoxy) is 4. The van der Waals surface area contributed by atoms with Gasteiger partial charge in [0.15, 0.2) is 17.6 Å². The van der Waals surface area contributed by atoms with Crippen LogP contribution < -0.4 is 9.47 Å². The topological polar surface area (TPSA) is 71.1 Å². The van der Waals surface area contributed by atoms with Gasteiger partial charge < -0.3 is 23.4 Å². The van der Waals surface area contributed by atoms with E-state index in [2.05, 4.69) is 13.1 Å². The van der Waals surface area contributed by atoms with Gasteiger partial charge in [-0.05, 0) is 24.1 Å². The second-order valence-electron chi connectivity index (χ2n) is 8.79. The average molecular weight is 388 g/mol. The van der Waals surface area contributed by atoms with Crippen molar-refractivity contribution < 1.29 is 33.0 Å². The van der Waals surface area contributed by atoms with Crippen LogP contribution >= 0.6 is 0 Å². The predicted molar refractivity (Wildman–Crippen MR) is 97.7 cm³/mol. The van der Waals surface area contributed by atoms with Crippen LogP contribution in [-0.2, 0) is 25.6 Å². The van der Waals surface area contributed by atoms with Gasteiger partial charge in [0.25, 0.3) is 0 Å². The Hall–Kier alpha value is -2.28. The highest BCUT2D eigenvalue weighted by Crippen LogP contribution is 2.55. The second-order valence-corrected chi connectivity index (χ2v) is 8.79. The summed E-state index contributed by atoms with van der Waals surface area (Å²) in [4.78, 5) is 23.7. The van der Waals surface area contributed by atoms with E-state index in [-0.39, 0.29) is 24.6 Å². The molecule has 2 fully saturated rings. The van der Waals surface area contributed by atoms with Gasteiger partial charge in [-0.15, -0.1) is 0 Å². The molecule has 1 aliphatic carbocycles. The summed E-state index contributed by atoms with van der Waals surface area (Å²) >= 11 is 0. The smallest absolute Gasteiger partial charge is 0.303 e. The van der Waals surface area contributed by atoms with Crippen LogP contribution in [0.3, 0.4) is 0 Å². The maximum Gasteiger partial charge on any atom is 0.303 e. The number of likely N-dealkylation sites (N-methyl/N-ethyl adjacent to an activating group) is 1. The van der Waals surface area contributed by atoms with Crippen LogP contribution in [0.25, 0.3) is 0 Å². The summed E-state index contributed by atoms with van der Waals surface area (Å²) in [5, 5.41) is 0. The first-order valence-electron chi connectivity index (χ1n) is 9.97. The molecule has 1 aromatic carbocycles. The van der Waals surface area contributed by atoms with Crippen molar-refractivity contribution in [3.63, 3.8) is 0 Å². The van der Waals surface area contributed by atoms with Gasteiger partial charge in [0.2, 0.25) is 6.79 Å². The molecular formula is C21H26NO6+. The van der Waals surface area contributed by atoms with Crippen molar-refractivity contribution in [3.05, 3.63) is 23.3 Å². The predicted octanol–water partition coefficient (Wildman–Crippen LogP) is 2.11. The molecule has 7 nitrogen and oxygen atoms in total. The van der Waals surface area contributed by atoms with Crippen LogP contribution in [0.2, 0.25) is 0 Å². The molecule has 3 aliphatic heterocycles. The maximum atomic E-state index is 12.0. The molecule has 150 valence electrons. The highest BCUT2D eigenvalue weighted by molar-refractivity contribution is 5.67. The fraction of sp³-hybridized carbons (Fsp3) is 0.619. The number of hydrogen-bond donors (Lipinski definition) is 0. The zero-order valence-electron chi connectivity index (χ0n) is 16.5. The minimum absolute atomic E-state index is 0.0299. The zero-order valence-corrected chi connectivity index (χ0v) is 16.5. The van der Waals surface area contributed by atoms with Gasteiger partial charge in [-0.2, -0.15) is 0 Å². The highest BCUT2D eigenvalue weighted by atomic mass is 16.7. The fourth-order valence-electron chi connectivity index (χ4n) is 6.14. The largest absolute Gasteiger partial charge is 0.459 e. The van der Waals surface area contributed by atoms with E-state index in [1.54, 1.807) is 0 Å². The molecule has 1 saturated heterocycles. The van der Waals surface area contributed by atoms with E-state index in [9.17, 15) is 9.59 Å². The highest BCUT2D eigenvalue weighted by Gasteiger charge is 2.61. The van der Waals surface area contributed by atoms with Gasteiger partial charge in [-0.3, -0.25) is 9.59 Å². The Morgan fingerprint density at radius 3 is 2.54 bits per heavy atom. The Morgan fingerprint density at radius 2 is 1.82 bits per heavy atom. The Balaban J connectivity index is 1.65. The normalized spacial score (nSPS) is 37.0. The first-order chi connectivity index (χ1) is 13.4. The van der Waals surface area contributed by atoms with E-state index in [0.29, 0.717) is 12.0 Å². The molecule has 0 N–H and O–H groups in total. The minimum atomic E-state index is -0.488. The third-order valence-electron chi connectivity index (χ3n) is 6.98. The molecule has 0 unspecified atom stereocenters. The van der Waals surface area contributed by atoms with E-state index in [4.69, 9.17) is 18.9 Å². The number of esters is 2. The number of quaternary nitrogens is 1. The van der Waals surface area contributed by atoms with Crippen molar-refractivity contribution in [1.29, 1.82) is 0 Å². The first kappa shape index (κ1) is 17.8. The molecule has 0 aromatic heterocycles. The summed E-state index contributed by atoms with van der Waals surface area (Å²) in [7, 11) is 2.29. The van der Waals surface area contributed by atoms with Crippen LogP contribution in [-0.4, -0.2) is 55.1 Å². The lowest BCUT2D eigenvalue weighted by Crippen LogP contribution is -2.62. The van der Waals surface area contributed by atoms with Crippen LogP contribution in [0.1, 0.15) is 43.7 Å². The number of benzene rings is 1. The SMILES string of the molecule is CC(=O)O[C@H]1[C@H]2c3cc4c(cc3C[N@@+]3(C)CC[C@@H](C[C@@H]1OC(C)=O)[C@H]23)OCO4. The minimum Gasteiger partial charge on any atom is -0.459 e. The van der Waals surface area contributed by atoms with Crippen LogP contribution in [0.15, 0.2) is 12.1 Å². The molecule has 0 spiro atoms.